The van der Waals surface area contributed by atoms with Crippen LogP contribution in [0.4, 0.5) is 0 Å². The van der Waals surface area contributed by atoms with Gasteiger partial charge in [0.15, 0.2) is 6.04 Å². The number of carboxylic acids is 1. The number of carboxylic acid groups (broad SMARTS) is 1. The molecule has 22 heavy (non-hydrogen) atoms. The van der Waals surface area contributed by atoms with E-state index in [2.05, 4.69) is 37.5 Å². The SMILES string of the molecule is CC[SiH](Br)Br.O=C(O)c1c2ccccc2cc2ccccc12. The lowest BCUT2D eigenvalue weighted by atomic mass is 9.97. The molecule has 5 heteroatoms. The number of hydrogen-bond donors (Lipinski definition) is 1. The third kappa shape index (κ3) is 3.97. The first-order valence-corrected chi connectivity index (χ1v) is 14.1. The van der Waals surface area contributed by atoms with Crippen molar-refractivity contribution in [3.63, 3.8) is 0 Å². The normalized spacial score (nSPS) is 10.5. The van der Waals surface area contributed by atoms with Gasteiger partial charge in [-0.15, -0.1) is 30.6 Å². The minimum Gasteiger partial charge on any atom is -0.478 e. The van der Waals surface area contributed by atoms with Gasteiger partial charge in [0.05, 0.1) is 5.56 Å². The summed E-state index contributed by atoms with van der Waals surface area (Å²) in [6, 6.07) is 17.9. The van der Waals surface area contributed by atoms with Gasteiger partial charge in [0.2, 0.25) is 0 Å². The first-order chi connectivity index (χ1) is 10.5. The van der Waals surface area contributed by atoms with Crippen LogP contribution in [0.5, 0.6) is 0 Å². The largest absolute Gasteiger partial charge is 0.478 e. The molecule has 0 amide bonds. The predicted octanol–water partition coefficient (Wildman–Crippen LogP) is 5.71. The molecule has 0 saturated carbocycles. The molecule has 0 radical (unpaired) electrons. The van der Waals surface area contributed by atoms with E-state index in [-0.39, 0.29) is 0 Å². The molecule has 3 aromatic rings. The maximum absolute atomic E-state index is 11.4. The molecule has 0 aliphatic carbocycles. The second-order valence-electron chi connectivity index (χ2n) is 4.80. The van der Waals surface area contributed by atoms with Crippen LogP contribution in [0.1, 0.15) is 17.3 Å². The predicted molar refractivity (Wildman–Crippen MR) is 104 cm³/mol. The molecule has 114 valence electrons. The van der Waals surface area contributed by atoms with E-state index in [0.29, 0.717) is 5.56 Å². The highest BCUT2D eigenvalue weighted by Gasteiger charge is 2.12. The Morgan fingerprint density at radius 1 is 1.00 bits per heavy atom. The first-order valence-electron chi connectivity index (χ1n) is 6.96. The molecule has 2 nitrogen and oxygen atoms in total. The summed E-state index contributed by atoms with van der Waals surface area (Å²) in [5.41, 5.74) is 0.388. The molecule has 0 aliphatic heterocycles. The van der Waals surface area contributed by atoms with Crippen molar-refractivity contribution < 1.29 is 9.90 Å². The second-order valence-corrected chi connectivity index (χ2v) is 16.7. The van der Waals surface area contributed by atoms with Crippen LogP contribution in [-0.4, -0.2) is 17.1 Å². The zero-order valence-electron chi connectivity index (χ0n) is 12.1. The van der Waals surface area contributed by atoms with Crippen molar-refractivity contribution in [1.29, 1.82) is 0 Å². The lowest BCUT2D eigenvalue weighted by Gasteiger charge is -2.07. The number of benzene rings is 3. The summed E-state index contributed by atoms with van der Waals surface area (Å²) >= 11 is 6.86. The summed E-state index contributed by atoms with van der Waals surface area (Å²) in [5.74, 6) is -0.877. The average Bonchev–Trinajstić information content (AvgIpc) is 2.52. The van der Waals surface area contributed by atoms with Gasteiger partial charge in [-0.3, -0.25) is 0 Å². The van der Waals surface area contributed by atoms with Crippen LogP contribution in [0, 0.1) is 0 Å². The Balaban J connectivity index is 0.000000309. The molecule has 0 aliphatic rings. The van der Waals surface area contributed by atoms with E-state index in [1.54, 1.807) is 0 Å². The van der Waals surface area contributed by atoms with E-state index in [0.717, 1.165) is 21.5 Å². The molecule has 0 fully saturated rings. The van der Waals surface area contributed by atoms with Gasteiger partial charge in [-0.1, -0.05) is 55.5 Å². The fourth-order valence-corrected chi connectivity index (χ4v) is 2.24. The number of rotatable bonds is 2. The Labute approximate surface area is 146 Å². The van der Waals surface area contributed by atoms with Gasteiger partial charge in [-0.2, -0.15) is 0 Å². The van der Waals surface area contributed by atoms with E-state index < -0.39 is 12.0 Å². The average molecular weight is 440 g/mol. The van der Waals surface area contributed by atoms with Crippen molar-refractivity contribution in [2.24, 2.45) is 0 Å². The van der Waals surface area contributed by atoms with E-state index in [9.17, 15) is 9.90 Å². The number of aromatic carboxylic acids is 1. The van der Waals surface area contributed by atoms with Crippen LogP contribution in [0.2, 0.25) is 6.04 Å². The van der Waals surface area contributed by atoms with E-state index in [1.165, 1.54) is 6.04 Å². The molecule has 0 aromatic heterocycles. The van der Waals surface area contributed by atoms with Crippen LogP contribution in [0.3, 0.4) is 0 Å². The molecule has 0 unspecified atom stereocenters. The first kappa shape index (κ1) is 17.2. The highest BCUT2D eigenvalue weighted by molar-refractivity contribution is 9.49. The molecule has 0 spiro atoms. The van der Waals surface area contributed by atoms with Crippen LogP contribution >= 0.6 is 30.6 Å². The van der Waals surface area contributed by atoms with Gasteiger partial charge in [0.25, 0.3) is 0 Å². The molecule has 0 saturated heterocycles. The fraction of sp³-hybridized carbons (Fsp3) is 0.118. The van der Waals surface area contributed by atoms with Gasteiger partial charge in [-0.05, 0) is 33.7 Å². The van der Waals surface area contributed by atoms with E-state index >= 15 is 0 Å². The summed E-state index contributed by atoms with van der Waals surface area (Å²) in [4.78, 5) is 11.4. The van der Waals surface area contributed by atoms with Crippen LogP contribution in [0.15, 0.2) is 54.6 Å². The maximum Gasteiger partial charge on any atom is 0.336 e. The second kappa shape index (κ2) is 7.90. The maximum atomic E-state index is 11.4. The van der Waals surface area contributed by atoms with Gasteiger partial charge >= 0.3 is 5.97 Å². The Hall–Kier alpha value is -1.17. The molecule has 3 aromatic carbocycles. The zero-order chi connectivity index (χ0) is 16.1. The van der Waals surface area contributed by atoms with Crippen LogP contribution in [0.25, 0.3) is 21.5 Å². The van der Waals surface area contributed by atoms with Crippen LogP contribution < -0.4 is 0 Å². The zero-order valence-corrected chi connectivity index (χ0v) is 16.4. The minimum absolute atomic E-state index is 0.388. The third-order valence-corrected chi connectivity index (χ3v) is 7.80. The summed E-state index contributed by atoms with van der Waals surface area (Å²) in [7, 11) is 0. The minimum atomic E-state index is -0.877. The topological polar surface area (TPSA) is 37.3 Å². The highest BCUT2D eigenvalue weighted by atomic mass is 79.9. The molecule has 0 atom stereocenters. The Morgan fingerprint density at radius 3 is 1.77 bits per heavy atom. The fourth-order valence-electron chi connectivity index (χ4n) is 2.24. The van der Waals surface area contributed by atoms with Crippen molar-refractivity contribution in [1.82, 2.24) is 0 Å². The summed E-state index contributed by atoms with van der Waals surface area (Å²) in [5, 5.41) is 12.9. The van der Waals surface area contributed by atoms with Crippen LogP contribution in [-0.2, 0) is 0 Å². The monoisotopic (exact) mass is 438 g/mol. The Kier molecular flexibility index (Phi) is 6.17. The van der Waals surface area contributed by atoms with Crippen molar-refractivity contribution in [2.75, 3.05) is 0 Å². The van der Waals surface area contributed by atoms with Gasteiger partial charge in [0, 0.05) is 0 Å². The summed E-state index contributed by atoms with van der Waals surface area (Å²) in [6.07, 6.45) is 0. The molecular formula is C17H16Br2O2Si. The number of carbonyl (C=O) groups is 1. The molecular weight excluding hydrogens is 424 g/mol. The number of halogens is 2. The molecule has 1 N–H and O–H groups in total. The van der Waals surface area contributed by atoms with Gasteiger partial charge in [-0.25, -0.2) is 4.79 Å². The van der Waals surface area contributed by atoms with Crippen molar-refractivity contribution >= 4 is 64.1 Å². The summed E-state index contributed by atoms with van der Waals surface area (Å²) in [6.45, 7) is 2.17. The number of fused-ring (bicyclic) bond motifs is 2. The van der Waals surface area contributed by atoms with E-state index in [4.69, 9.17) is 0 Å². The van der Waals surface area contributed by atoms with Gasteiger partial charge < -0.3 is 5.11 Å². The van der Waals surface area contributed by atoms with Gasteiger partial charge in [0.1, 0.15) is 0 Å². The molecule has 3 rings (SSSR count). The Bertz CT molecular complexity index is 749. The lowest BCUT2D eigenvalue weighted by Crippen LogP contribution is -1.99. The quantitative estimate of drug-likeness (QED) is 0.315. The molecule has 0 bridgehead atoms. The molecule has 0 heterocycles. The summed E-state index contributed by atoms with van der Waals surface area (Å²) < 4.78 is 0. The van der Waals surface area contributed by atoms with Crippen molar-refractivity contribution in [3.8, 4) is 0 Å². The third-order valence-electron chi connectivity index (χ3n) is 3.29. The standard InChI is InChI=1S/C15H10O2.C2H6Br2Si/c16-15(17)14-12-7-3-1-5-10(12)9-11-6-2-4-8-13(11)14;1-2-5(3)4/h1-9H,(H,16,17);5H,2H2,1H3. The highest BCUT2D eigenvalue weighted by Crippen LogP contribution is 2.28. The van der Waals surface area contributed by atoms with E-state index in [1.807, 2.05) is 54.6 Å². The number of hydrogen-bond acceptors (Lipinski definition) is 1. The van der Waals surface area contributed by atoms with Crippen molar-refractivity contribution in [2.45, 2.75) is 13.0 Å². The Morgan fingerprint density at radius 2 is 1.41 bits per heavy atom. The van der Waals surface area contributed by atoms with Crippen molar-refractivity contribution in [3.05, 3.63) is 60.2 Å². The lowest BCUT2D eigenvalue weighted by molar-refractivity contribution is 0.0701. The smallest absolute Gasteiger partial charge is 0.336 e.